The number of hydrogen-bond donors (Lipinski definition) is 2. The van der Waals surface area contributed by atoms with E-state index in [-0.39, 0.29) is 83.6 Å². The molecule has 0 amide bonds. The van der Waals surface area contributed by atoms with Crippen LogP contribution in [0.1, 0.15) is 162 Å². The Morgan fingerprint density at radius 1 is 0.361 bits per heavy atom. The van der Waals surface area contributed by atoms with Crippen molar-refractivity contribution in [1.82, 2.24) is 0 Å². The van der Waals surface area contributed by atoms with Gasteiger partial charge in [0, 0.05) is 79.7 Å². The molecule has 0 aromatic carbocycles. The zero-order valence-electron chi connectivity index (χ0n) is 54.9. The molecule has 17 nitrogen and oxygen atoms in total. The fraction of sp³-hybridized carbons (Fsp3) is 1.00. The van der Waals surface area contributed by atoms with Gasteiger partial charge in [-0.05, 0) is 144 Å². The second kappa shape index (κ2) is 33.4. The van der Waals surface area contributed by atoms with E-state index in [0.717, 1.165) is 51.4 Å². The van der Waals surface area contributed by atoms with Crippen molar-refractivity contribution in [3.05, 3.63) is 20.9 Å². The largest absolute Gasteiger partial charge is 0.387 e. The lowest BCUT2D eigenvalue weighted by Gasteiger charge is -2.48. The van der Waals surface area contributed by atoms with Crippen molar-refractivity contribution in [3.8, 4) is 0 Å². The molecule has 9 rings (SSSR count). The van der Waals surface area contributed by atoms with Gasteiger partial charge in [0.15, 0.2) is 0 Å². The fourth-order valence-corrected chi connectivity index (χ4v) is 11.3. The number of rotatable bonds is 11. The Labute approximate surface area is 494 Å². The Balaban J connectivity index is 0.000000468. The Kier molecular flexibility index (Phi) is 31.7. The van der Waals surface area contributed by atoms with Crippen LogP contribution >= 0.6 is 0 Å². The first-order valence-corrected chi connectivity index (χ1v) is 29.6. The molecule has 0 saturated heterocycles. The first-order valence-electron chi connectivity index (χ1n) is 29.6. The van der Waals surface area contributed by atoms with Crippen molar-refractivity contribution >= 4 is 0 Å². The summed E-state index contributed by atoms with van der Waals surface area (Å²) in [7, 11) is 14.2. The molecule has 26 atom stereocenters. The first-order chi connectivity index (χ1) is 38.2. The smallest absolute Gasteiger partial charge is 0.276 e. The number of halogens is 6. The Morgan fingerprint density at radius 2 is 0.614 bits per heavy atom. The van der Waals surface area contributed by atoms with Gasteiger partial charge in [-0.3, -0.25) is 0 Å². The van der Waals surface area contributed by atoms with Crippen molar-refractivity contribution in [2.45, 2.75) is 268 Å². The highest BCUT2D eigenvalue weighted by Crippen LogP contribution is 2.47. The molecule has 0 heterocycles. The van der Waals surface area contributed by atoms with Gasteiger partial charge in [-0.15, -0.1) is 0 Å². The van der Waals surface area contributed by atoms with Gasteiger partial charge in [-0.1, -0.05) is 86.4 Å². The van der Waals surface area contributed by atoms with Gasteiger partial charge in [0.2, 0.25) is 0 Å². The summed E-state index contributed by atoms with van der Waals surface area (Å²) in [5.41, 5.74) is 12.7. The van der Waals surface area contributed by atoms with E-state index in [0.29, 0.717) is 30.1 Å². The summed E-state index contributed by atoms with van der Waals surface area (Å²) in [5, 5.41) is 26.5. The third-order valence-corrected chi connectivity index (χ3v) is 21.0. The molecule has 9 saturated carbocycles. The van der Waals surface area contributed by atoms with Crippen molar-refractivity contribution in [2.24, 2.45) is 63.5 Å². The average Bonchev–Trinajstić information content (AvgIpc) is 3.45. The van der Waals surface area contributed by atoms with Crippen LogP contribution < -0.4 is 0 Å². The van der Waals surface area contributed by atoms with Crippen molar-refractivity contribution < 1.29 is 79.2 Å². The zero-order valence-corrected chi connectivity index (χ0v) is 54.9. The lowest BCUT2D eigenvalue weighted by atomic mass is 9.67. The Bertz CT molecular complexity index is 1760. The number of methoxy groups -OCH3 is 9. The van der Waals surface area contributed by atoms with Gasteiger partial charge in [0.05, 0.1) is 71.1 Å². The van der Waals surface area contributed by atoms with Crippen LogP contribution in [0.4, 0.5) is 26.3 Å². The molecule has 0 aromatic heterocycles. The monoisotopic (exact) mass is 1210 g/mol. The summed E-state index contributed by atoms with van der Waals surface area (Å²) < 4.78 is 120. The standard InChI is InChI=1S/2C7H13FO.2C7H13N3O.2C7H14O2.C6H10F2O.2C6H11FO/c2*1-5-4-6(9-3)7(5,2)8;2*1-5-4-6(11-3)7(5,2)9-10-8;2*1-5-4-6(9-3)7(5,2)8;1-4-3-5(9-2)6(4,7)8;2*1-4-3-5(8-2)6(4)7/h2*5-6H,4H2,1-3H3;2*5-6H,4H2,1-3H3;2*5-6,8H,4H2,1-3H3;4-5H,3H2,1-2H3;2*4-6H,3H2,1-2H3. The highest BCUT2D eigenvalue weighted by Gasteiger charge is 2.56. The van der Waals surface area contributed by atoms with Crippen LogP contribution in [-0.2, 0) is 42.6 Å². The van der Waals surface area contributed by atoms with E-state index in [1.807, 2.05) is 69.2 Å². The van der Waals surface area contributed by atoms with Crippen LogP contribution in [0, 0.1) is 53.3 Å². The highest BCUT2D eigenvalue weighted by atomic mass is 19.3. The van der Waals surface area contributed by atoms with Crippen LogP contribution in [0.5, 0.6) is 0 Å². The summed E-state index contributed by atoms with van der Waals surface area (Å²) in [6.07, 6.45) is 5.51. The van der Waals surface area contributed by atoms with Crippen molar-refractivity contribution in [3.63, 3.8) is 0 Å². The molecule has 0 radical (unpaired) electrons. The summed E-state index contributed by atoms with van der Waals surface area (Å²) in [4.78, 5) is 5.65. The molecule has 23 heteroatoms. The topological polar surface area (TPSA) is 221 Å². The summed E-state index contributed by atoms with van der Waals surface area (Å²) in [6.45, 7) is 28.1. The van der Waals surface area contributed by atoms with E-state index in [4.69, 9.17) is 49.0 Å². The van der Waals surface area contributed by atoms with Gasteiger partial charge < -0.3 is 52.8 Å². The summed E-state index contributed by atoms with van der Waals surface area (Å²) >= 11 is 0. The SMILES string of the molecule is COC1CC(C)C1(C)F.COC1CC(C)C1(C)F.COC1CC(C)C1(C)N=[N+]=[N-].COC1CC(C)C1(C)N=[N+]=[N-].COC1CC(C)C1(C)O.COC1CC(C)C1(C)O.COC1CC(C)C1(F)F.COC1CC(C)C1F.COC1CC(C)C1F. The molecule has 83 heavy (non-hydrogen) atoms. The number of nitrogens with zero attached hydrogens (tertiary/aromatic N) is 6. The van der Waals surface area contributed by atoms with E-state index >= 15 is 0 Å². The maximum atomic E-state index is 13.1. The Morgan fingerprint density at radius 3 is 0.711 bits per heavy atom. The molecule has 26 unspecified atom stereocenters. The molecule has 0 spiro atoms. The van der Waals surface area contributed by atoms with Crippen molar-refractivity contribution in [1.29, 1.82) is 0 Å². The molecule has 9 fully saturated rings. The molecule has 0 bridgehead atoms. The molecular formula is C60H112F6N6O11. The number of aliphatic hydroxyl groups is 2. The molecule has 0 aromatic rings. The van der Waals surface area contributed by atoms with Crippen LogP contribution in [0.3, 0.4) is 0 Å². The lowest BCUT2D eigenvalue weighted by molar-refractivity contribution is -0.227. The van der Waals surface area contributed by atoms with Gasteiger partial charge in [-0.25, -0.2) is 26.3 Å². The molecule has 9 aliphatic rings. The second-order valence-electron chi connectivity index (χ2n) is 26.1. The molecule has 0 aliphatic heterocycles. The predicted octanol–water partition coefficient (Wildman–Crippen LogP) is 13.8. The maximum absolute atomic E-state index is 13.1. The minimum atomic E-state index is -2.57. The van der Waals surface area contributed by atoms with Gasteiger partial charge >= 0.3 is 0 Å². The lowest BCUT2D eigenvalue weighted by Crippen LogP contribution is -2.56. The van der Waals surface area contributed by atoms with E-state index in [1.165, 1.54) is 14.0 Å². The predicted molar refractivity (Wildman–Crippen MR) is 311 cm³/mol. The third kappa shape index (κ3) is 18.9. The zero-order chi connectivity index (χ0) is 64.6. The summed E-state index contributed by atoms with van der Waals surface area (Å²) in [5.74, 6) is -0.641. The van der Waals surface area contributed by atoms with Crippen LogP contribution in [0.25, 0.3) is 20.9 Å². The van der Waals surface area contributed by atoms with E-state index < -0.39 is 52.8 Å². The summed E-state index contributed by atoms with van der Waals surface area (Å²) in [6, 6.07) is 0. The highest BCUT2D eigenvalue weighted by molar-refractivity contribution is 5.08. The number of alkyl halides is 6. The van der Waals surface area contributed by atoms with Crippen LogP contribution in [0.2, 0.25) is 0 Å². The van der Waals surface area contributed by atoms with E-state index in [1.54, 1.807) is 70.7 Å². The quantitative estimate of drug-likeness (QED) is 0.0857. The molecule has 490 valence electrons. The van der Waals surface area contributed by atoms with E-state index in [2.05, 4.69) is 38.6 Å². The van der Waals surface area contributed by atoms with Gasteiger partial charge in [-0.2, -0.15) is 0 Å². The number of hydrogen-bond acceptors (Lipinski definition) is 13. The maximum Gasteiger partial charge on any atom is 0.276 e. The van der Waals surface area contributed by atoms with Crippen molar-refractivity contribution in [2.75, 3.05) is 64.0 Å². The second-order valence-corrected chi connectivity index (χ2v) is 26.1. The number of ether oxygens (including phenoxy) is 9. The van der Waals surface area contributed by atoms with E-state index in [9.17, 15) is 36.6 Å². The van der Waals surface area contributed by atoms with Crippen LogP contribution in [0.15, 0.2) is 10.2 Å². The minimum Gasteiger partial charge on any atom is -0.387 e. The fourth-order valence-electron chi connectivity index (χ4n) is 11.3. The van der Waals surface area contributed by atoms with Gasteiger partial charge in [0.1, 0.15) is 29.8 Å². The molecule has 9 aliphatic carbocycles. The molecule has 2 N–H and O–H groups in total. The minimum absolute atomic E-state index is 0.0625. The van der Waals surface area contributed by atoms with Gasteiger partial charge in [0.25, 0.3) is 5.92 Å². The third-order valence-electron chi connectivity index (χ3n) is 21.0. The first kappa shape index (κ1) is 78.8. The molecular weight excluding hydrogens is 1090 g/mol. The normalized spacial score (nSPS) is 46.5. The van der Waals surface area contributed by atoms with Crippen LogP contribution in [-0.4, -0.2) is 181 Å². The Hall–Kier alpha value is -2.24. The number of azide groups is 2. The average molecular weight is 1210 g/mol.